The summed E-state index contributed by atoms with van der Waals surface area (Å²) in [5.41, 5.74) is 0. The molecule has 59 valence electrons. The van der Waals surface area contributed by atoms with Gasteiger partial charge in [0.15, 0.2) is 11.6 Å². The average Bonchev–Trinajstić information content (AvgIpc) is 2.57. The van der Waals surface area contributed by atoms with Crippen LogP contribution in [0.2, 0.25) is 0 Å². The van der Waals surface area contributed by atoms with Gasteiger partial charge in [-0.15, -0.1) is 5.10 Å². The molecule has 2 rings (SSSR count). The summed E-state index contributed by atoms with van der Waals surface area (Å²) in [6.45, 7) is 0. The van der Waals surface area contributed by atoms with Gasteiger partial charge >= 0.3 is 0 Å². The maximum Gasteiger partial charge on any atom is 0.191 e. The molecule has 2 heterocycles. The summed E-state index contributed by atoms with van der Waals surface area (Å²) in [5, 5.41) is 7.12. The fraction of sp³-hybridized carbons (Fsp3) is 0. The Morgan fingerprint density at radius 2 is 2.33 bits per heavy atom. The molecule has 0 spiro atoms. The molecule has 0 N–H and O–H groups in total. The Balaban J connectivity index is 2.55. The predicted molar refractivity (Wildman–Crippen MR) is 37.9 cm³/mol. The van der Waals surface area contributed by atoms with Gasteiger partial charge in [-0.3, -0.25) is 0 Å². The van der Waals surface area contributed by atoms with Gasteiger partial charge in [0.2, 0.25) is 0 Å². The van der Waals surface area contributed by atoms with Gasteiger partial charge < -0.3 is 0 Å². The van der Waals surface area contributed by atoms with Crippen molar-refractivity contribution in [1.82, 2.24) is 20.0 Å². The van der Waals surface area contributed by atoms with Gasteiger partial charge in [-0.05, 0) is 6.07 Å². The van der Waals surface area contributed by atoms with E-state index >= 15 is 0 Å². The first-order valence-corrected chi connectivity index (χ1v) is 3.27. The highest BCUT2D eigenvalue weighted by Gasteiger charge is 2.04. The predicted octanol–water partition coefficient (Wildman–Crippen LogP) is 0.602. The van der Waals surface area contributed by atoms with E-state index in [9.17, 15) is 4.39 Å². The summed E-state index contributed by atoms with van der Waals surface area (Å²) >= 11 is 0. The van der Waals surface area contributed by atoms with E-state index in [0.29, 0.717) is 0 Å². The monoisotopic (exact) mass is 163 g/mol. The zero-order chi connectivity index (χ0) is 8.39. The minimum Gasteiger partial charge on any atom is -0.234 e. The van der Waals surface area contributed by atoms with Crippen LogP contribution < -0.4 is 0 Å². The fourth-order valence-corrected chi connectivity index (χ4v) is 0.820. The van der Waals surface area contributed by atoms with Crippen molar-refractivity contribution in [2.75, 3.05) is 0 Å². The van der Waals surface area contributed by atoms with Crippen LogP contribution in [-0.2, 0) is 0 Å². The van der Waals surface area contributed by atoms with Crippen molar-refractivity contribution in [3.8, 4) is 5.82 Å². The highest BCUT2D eigenvalue weighted by atomic mass is 19.1. The first-order chi connectivity index (χ1) is 5.88. The number of hydrogen-bond donors (Lipinski definition) is 0. The molecule has 0 amide bonds. The van der Waals surface area contributed by atoms with Crippen LogP contribution in [0.4, 0.5) is 4.39 Å². The van der Waals surface area contributed by atoms with Crippen molar-refractivity contribution in [2.45, 2.75) is 0 Å². The normalized spacial score (nSPS) is 10.1. The number of rotatable bonds is 1. The Labute approximate surface area is 67.7 Å². The molecule has 0 atom stereocenters. The highest BCUT2D eigenvalue weighted by Crippen LogP contribution is 2.05. The van der Waals surface area contributed by atoms with Crippen LogP contribution in [0, 0.1) is 11.9 Å². The van der Waals surface area contributed by atoms with E-state index in [0.717, 1.165) is 0 Å². The van der Waals surface area contributed by atoms with Crippen LogP contribution >= 0.6 is 0 Å². The largest absolute Gasteiger partial charge is 0.234 e. The molecular formula is C7H4FN4. The molecule has 12 heavy (non-hydrogen) atoms. The third kappa shape index (κ3) is 1.05. The van der Waals surface area contributed by atoms with Crippen LogP contribution in [0.25, 0.3) is 5.82 Å². The Kier molecular flexibility index (Phi) is 1.55. The van der Waals surface area contributed by atoms with Crippen LogP contribution in [0.3, 0.4) is 0 Å². The molecule has 0 aromatic carbocycles. The molecule has 2 aromatic rings. The van der Waals surface area contributed by atoms with Crippen molar-refractivity contribution in [1.29, 1.82) is 0 Å². The molecule has 0 fully saturated rings. The van der Waals surface area contributed by atoms with E-state index in [2.05, 4.69) is 21.4 Å². The maximum atomic E-state index is 12.9. The quantitative estimate of drug-likeness (QED) is 0.618. The molecule has 2 aromatic heterocycles. The molecule has 0 unspecified atom stereocenters. The Hall–Kier alpha value is -1.78. The lowest BCUT2D eigenvalue weighted by atomic mass is 10.4. The second-order valence-electron chi connectivity index (χ2n) is 2.07. The fourth-order valence-electron chi connectivity index (χ4n) is 0.820. The van der Waals surface area contributed by atoms with Crippen molar-refractivity contribution in [3.63, 3.8) is 0 Å². The van der Waals surface area contributed by atoms with Crippen LogP contribution in [0.1, 0.15) is 0 Å². The van der Waals surface area contributed by atoms with E-state index in [-0.39, 0.29) is 5.82 Å². The summed E-state index contributed by atoms with van der Waals surface area (Å²) in [7, 11) is 0. The minimum atomic E-state index is -0.539. The Morgan fingerprint density at radius 3 is 3.00 bits per heavy atom. The van der Waals surface area contributed by atoms with E-state index in [1.165, 1.54) is 29.3 Å². The number of nitrogens with zero attached hydrogens (tertiary/aromatic N) is 4. The van der Waals surface area contributed by atoms with Gasteiger partial charge in [0.05, 0.1) is 12.4 Å². The highest BCUT2D eigenvalue weighted by molar-refractivity contribution is 5.20. The molecular weight excluding hydrogens is 159 g/mol. The SMILES string of the molecule is Fc1[c]ccnc1-n1ccnn1. The van der Waals surface area contributed by atoms with Gasteiger partial charge in [-0.1, -0.05) is 5.21 Å². The van der Waals surface area contributed by atoms with Crippen LogP contribution in [-0.4, -0.2) is 20.0 Å². The van der Waals surface area contributed by atoms with E-state index in [1.807, 2.05) is 0 Å². The van der Waals surface area contributed by atoms with E-state index in [4.69, 9.17) is 0 Å². The van der Waals surface area contributed by atoms with Gasteiger partial charge in [0, 0.05) is 12.3 Å². The van der Waals surface area contributed by atoms with Crippen molar-refractivity contribution < 1.29 is 4.39 Å². The lowest BCUT2D eigenvalue weighted by molar-refractivity contribution is 0.594. The van der Waals surface area contributed by atoms with Gasteiger partial charge in [0.1, 0.15) is 0 Å². The zero-order valence-corrected chi connectivity index (χ0v) is 5.98. The summed E-state index contributed by atoms with van der Waals surface area (Å²) in [4.78, 5) is 3.77. The first-order valence-electron chi connectivity index (χ1n) is 3.27. The first kappa shape index (κ1) is 6.90. The van der Waals surface area contributed by atoms with Crippen LogP contribution in [0.5, 0.6) is 0 Å². The number of halogens is 1. The summed E-state index contributed by atoms with van der Waals surface area (Å²) in [6.07, 6.45) is 4.41. The molecule has 0 aliphatic carbocycles. The Bertz CT molecular complexity index is 371. The van der Waals surface area contributed by atoms with Crippen molar-refractivity contribution in [2.24, 2.45) is 0 Å². The maximum absolute atomic E-state index is 12.9. The molecule has 0 saturated heterocycles. The van der Waals surface area contributed by atoms with Gasteiger partial charge in [-0.25, -0.2) is 9.37 Å². The topological polar surface area (TPSA) is 43.6 Å². The second kappa shape index (κ2) is 2.69. The van der Waals surface area contributed by atoms with E-state index < -0.39 is 5.82 Å². The molecule has 1 radical (unpaired) electrons. The smallest absolute Gasteiger partial charge is 0.191 e. The van der Waals surface area contributed by atoms with Crippen molar-refractivity contribution in [3.05, 3.63) is 36.5 Å². The molecule has 0 aliphatic rings. The lowest BCUT2D eigenvalue weighted by Crippen LogP contribution is -2.01. The molecule has 5 heteroatoms. The van der Waals surface area contributed by atoms with Gasteiger partial charge in [-0.2, -0.15) is 4.68 Å². The third-order valence-corrected chi connectivity index (χ3v) is 1.32. The van der Waals surface area contributed by atoms with Crippen LogP contribution in [0.15, 0.2) is 24.7 Å². The standard InChI is InChI=1S/C7H4FN4/c8-6-2-1-3-9-7(6)12-5-4-10-11-12/h1,3-5H. The molecule has 0 bridgehead atoms. The molecule has 4 nitrogen and oxygen atoms in total. The van der Waals surface area contributed by atoms with Gasteiger partial charge in [0.25, 0.3) is 0 Å². The number of aromatic nitrogens is 4. The third-order valence-electron chi connectivity index (χ3n) is 1.32. The van der Waals surface area contributed by atoms with E-state index in [1.54, 1.807) is 0 Å². The zero-order valence-electron chi connectivity index (χ0n) is 5.98. The summed E-state index contributed by atoms with van der Waals surface area (Å²) in [6, 6.07) is 3.77. The van der Waals surface area contributed by atoms with Crippen molar-refractivity contribution >= 4 is 0 Å². The Morgan fingerprint density at radius 1 is 1.42 bits per heavy atom. The summed E-state index contributed by atoms with van der Waals surface area (Å²) < 4.78 is 14.2. The molecule has 0 aliphatic heterocycles. The summed E-state index contributed by atoms with van der Waals surface area (Å²) in [5.74, 6) is -0.432. The lowest BCUT2D eigenvalue weighted by Gasteiger charge is -1.97. The minimum absolute atomic E-state index is 0.106. The number of pyridine rings is 1. The molecule has 0 saturated carbocycles. The average molecular weight is 163 g/mol. The second-order valence-corrected chi connectivity index (χ2v) is 2.07. The number of hydrogen-bond acceptors (Lipinski definition) is 3.